The smallest absolute Gasteiger partial charge is 0.303 e. The van der Waals surface area contributed by atoms with Gasteiger partial charge >= 0.3 is 5.97 Å². The van der Waals surface area contributed by atoms with Crippen molar-refractivity contribution in [2.45, 2.75) is 65.3 Å². The van der Waals surface area contributed by atoms with Crippen LogP contribution in [0.5, 0.6) is 0 Å². The van der Waals surface area contributed by atoms with Crippen LogP contribution < -0.4 is 5.32 Å². The van der Waals surface area contributed by atoms with Crippen LogP contribution in [0.1, 0.15) is 66.3 Å². The average Bonchev–Trinajstić information content (AvgIpc) is 2.95. The minimum absolute atomic E-state index is 0.0263. The van der Waals surface area contributed by atoms with Gasteiger partial charge in [0.15, 0.2) is 0 Å². The number of carbonyl (C=O) groups is 2. The van der Waals surface area contributed by atoms with Gasteiger partial charge in [-0.05, 0) is 81.7 Å². The van der Waals surface area contributed by atoms with Crippen molar-refractivity contribution in [3.63, 3.8) is 0 Å². The average molecular weight is 383 g/mol. The number of aromatic nitrogens is 2. The number of carboxylic acid groups (broad SMARTS) is 1. The maximum absolute atomic E-state index is 12.5. The first-order valence-corrected chi connectivity index (χ1v) is 10.0. The minimum Gasteiger partial charge on any atom is -0.481 e. The monoisotopic (exact) mass is 383 g/mol. The summed E-state index contributed by atoms with van der Waals surface area (Å²) in [4.78, 5) is 23.4. The Balaban J connectivity index is 1.69. The summed E-state index contributed by atoms with van der Waals surface area (Å²) in [5.74, 6) is -0.0791. The molecular weight excluding hydrogens is 354 g/mol. The van der Waals surface area contributed by atoms with Crippen LogP contribution in [0.3, 0.4) is 0 Å². The Morgan fingerprint density at radius 2 is 1.79 bits per heavy atom. The first kappa shape index (κ1) is 20.1. The molecule has 0 saturated heterocycles. The number of rotatable bonds is 6. The largest absolute Gasteiger partial charge is 0.481 e. The molecule has 6 heteroatoms. The van der Waals surface area contributed by atoms with E-state index in [1.165, 1.54) is 12.8 Å². The first-order chi connectivity index (χ1) is 13.3. The third kappa shape index (κ3) is 4.61. The molecule has 1 aliphatic carbocycles. The molecule has 0 spiro atoms. The van der Waals surface area contributed by atoms with Gasteiger partial charge in [0.2, 0.25) is 0 Å². The van der Waals surface area contributed by atoms with Gasteiger partial charge in [-0.15, -0.1) is 0 Å². The minimum atomic E-state index is -0.811. The van der Waals surface area contributed by atoms with Gasteiger partial charge in [0.1, 0.15) is 0 Å². The second-order valence-corrected chi connectivity index (χ2v) is 7.93. The molecule has 1 fully saturated rings. The van der Waals surface area contributed by atoms with E-state index in [1.54, 1.807) is 0 Å². The maximum Gasteiger partial charge on any atom is 0.303 e. The number of hydrogen-bond donors (Lipinski definition) is 2. The zero-order valence-electron chi connectivity index (χ0n) is 16.9. The van der Waals surface area contributed by atoms with Crippen LogP contribution in [0, 0.1) is 19.8 Å². The highest BCUT2D eigenvalue weighted by Gasteiger charge is 2.20. The van der Waals surface area contributed by atoms with Crippen LogP contribution in [0.2, 0.25) is 0 Å². The Kier molecular flexibility index (Phi) is 6.17. The summed E-state index contributed by atoms with van der Waals surface area (Å²) < 4.78 is 1.82. The molecule has 1 saturated carbocycles. The Hall–Kier alpha value is -2.63. The van der Waals surface area contributed by atoms with Gasteiger partial charge in [-0.1, -0.05) is 6.92 Å². The van der Waals surface area contributed by atoms with Crippen molar-refractivity contribution in [2.24, 2.45) is 5.92 Å². The quantitative estimate of drug-likeness (QED) is 0.794. The molecule has 0 bridgehead atoms. The summed E-state index contributed by atoms with van der Waals surface area (Å²) in [6.45, 7) is 6.11. The van der Waals surface area contributed by atoms with Crippen molar-refractivity contribution in [2.75, 3.05) is 0 Å². The number of amides is 1. The standard InChI is InChI=1S/C22H29N3O3/c1-14-4-8-18(9-5-14)23-22(28)17-6-10-19(11-7-17)25-16(3)20(15(2)24-25)12-13-21(26)27/h6-7,10-11,14,18H,4-5,8-9,12-13H2,1-3H3,(H,23,28)(H,26,27). The lowest BCUT2D eigenvalue weighted by Gasteiger charge is -2.26. The van der Waals surface area contributed by atoms with Crippen molar-refractivity contribution in [3.8, 4) is 5.69 Å². The molecule has 0 radical (unpaired) electrons. The molecule has 2 aromatic rings. The van der Waals surface area contributed by atoms with Gasteiger partial charge in [0.25, 0.3) is 5.91 Å². The van der Waals surface area contributed by atoms with E-state index >= 15 is 0 Å². The Bertz CT molecular complexity index is 847. The van der Waals surface area contributed by atoms with Crippen molar-refractivity contribution in [1.29, 1.82) is 0 Å². The Morgan fingerprint density at radius 3 is 2.39 bits per heavy atom. The van der Waals surface area contributed by atoms with Crippen LogP contribution in [0.15, 0.2) is 24.3 Å². The van der Waals surface area contributed by atoms with Crippen LogP contribution in [-0.4, -0.2) is 32.8 Å². The molecule has 6 nitrogen and oxygen atoms in total. The molecule has 28 heavy (non-hydrogen) atoms. The van der Waals surface area contributed by atoms with E-state index in [1.807, 2.05) is 42.8 Å². The molecule has 1 aliphatic rings. The number of aryl methyl sites for hydroxylation is 1. The number of aliphatic carboxylic acids is 1. The highest BCUT2D eigenvalue weighted by atomic mass is 16.4. The van der Waals surface area contributed by atoms with E-state index in [0.717, 1.165) is 41.4 Å². The third-order valence-corrected chi connectivity index (χ3v) is 5.76. The van der Waals surface area contributed by atoms with E-state index in [2.05, 4.69) is 17.3 Å². The Morgan fingerprint density at radius 1 is 1.14 bits per heavy atom. The molecule has 2 N–H and O–H groups in total. The first-order valence-electron chi connectivity index (χ1n) is 10.0. The van der Waals surface area contributed by atoms with E-state index in [0.29, 0.717) is 12.0 Å². The second-order valence-electron chi connectivity index (χ2n) is 7.93. The topological polar surface area (TPSA) is 84.2 Å². The zero-order valence-corrected chi connectivity index (χ0v) is 16.9. The number of nitrogens with zero attached hydrogens (tertiary/aromatic N) is 2. The maximum atomic E-state index is 12.5. The fourth-order valence-corrected chi connectivity index (χ4v) is 3.95. The SMILES string of the molecule is Cc1nn(-c2ccc(C(=O)NC3CCC(C)CC3)cc2)c(C)c1CCC(=O)O. The lowest BCUT2D eigenvalue weighted by molar-refractivity contribution is -0.136. The molecule has 0 unspecified atom stereocenters. The van der Waals surface area contributed by atoms with Gasteiger partial charge in [-0.2, -0.15) is 5.10 Å². The molecule has 1 heterocycles. The number of carbonyl (C=O) groups excluding carboxylic acids is 1. The van der Waals surface area contributed by atoms with Gasteiger partial charge in [0, 0.05) is 23.7 Å². The third-order valence-electron chi connectivity index (χ3n) is 5.76. The van der Waals surface area contributed by atoms with Gasteiger partial charge in [-0.25, -0.2) is 4.68 Å². The van der Waals surface area contributed by atoms with Crippen LogP contribution in [0.4, 0.5) is 0 Å². The number of nitrogens with one attached hydrogen (secondary N) is 1. The van der Waals surface area contributed by atoms with E-state index in [-0.39, 0.29) is 18.4 Å². The fourth-order valence-electron chi connectivity index (χ4n) is 3.95. The number of carboxylic acids is 1. The molecular formula is C22H29N3O3. The van der Waals surface area contributed by atoms with Crippen molar-refractivity contribution in [1.82, 2.24) is 15.1 Å². The normalized spacial score (nSPS) is 19.4. The number of benzene rings is 1. The van der Waals surface area contributed by atoms with E-state index in [9.17, 15) is 9.59 Å². The van der Waals surface area contributed by atoms with E-state index in [4.69, 9.17) is 5.11 Å². The summed E-state index contributed by atoms with van der Waals surface area (Å²) in [6.07, 6.45) is 5.00. The summed E-state index contributed by atoms with van der Waals surface area (Å²) in [6, 6.07) is 7.69. The summed E-state index contributed by atoms with van der Waals surface area (Å²) in [5.41, 5.74) is 4.26. The van der Waals surface area contributed by atoms with E-state index < -0.39 is 5.97 Å². The predicted octanol–water partition coefficient (Wildman–Crippen LogP) is 3.81. The molecule has 0 aliphatic heterocycles. The second kappa shape index (κ2) is 8.59. The molecule has 1 amide bonds. The summed E-state index contributed by atoms with van der Waals surface area (Å²) in [5, 5.41) is 16.6. The van der Waals surface area contributed by atoms with Crippen molar-refractivity contribution in [3.05, 3.63) is 46.8 Å². The summed E-state index contributed by atoms with van der Waals surface area (Å²) in [7, 11) is 0. The fraction of sp³-hybridized carbons (Fsp3) is 0.500. The van der Waals surface area contributed by atoms with Crippen LogP contribution in [0.25, 0.3) is 5.69 Å². The molecule has 3 rings (SSSR count). The lowest BCUT2D eigenvalue weighted by Crippen LogP contribution is -2.37. The molecule has 1 aromatic heterocycles. The van der Waals surface area contributed by atoms with Gasteiger partial charge in [0.05, 0.1) is 11.4 Å². The van der Waals surface area contributed by atoms with Crippen LogP contribution in [-0.2, 0) is 11.2 Å². The highest BCUT2D eigenvalue weighted by Crippen LogP contribution is 2.24. The predicted molar refractivity (Wildman–Crippen MR) is 108 cm³/mol. The molecule has 150 valence electrons. The highest BCUT2D eigenvalue weighted by molar-refractivity contribution is 5.94. The lowest BCUT2D eigenvalue weighted by atomic mass is 9.87. The van der Waals surface area contributed by atoms with Crippen molar-refractivity contribution < 1.29 is 14.7 Å². The molecule has 1 aromatic carbocycles. The molecule has 0 atom stereocenters. The van der Waals surface area contributed by atoms with Gasteiger partial charge < -0.3 is 10.4 Å². The summed E-state index contributed by atoms with van der Waals surface area (Å²) >= 11 is 0. The Labute approximate surface area is 166 Å². The van der Waals surface area contributed by atoms with Crippen LogP contribution >= 0.6 is 0 Å². The van der Waals surface area contributed by atoms with Gasteiger partial charge in [-0.3, -0.25) is 9.59 Å². The zero-order chi connectivity index (χ0) is 20.3. The van der Waals surface area contributed by atoms with Crippen molar-refractivity contribution >= 4 is 11.9 Å². The number of hydrogen-bond acceptors (Lipinski definition) is 3.